The van der Waals surface area contributed by atoms with E-state index in [9.17, 15) is 23.1 Å². The highest BCUT2D eigenvalue weighted by Gasteiger charge is 2.31. The second-order valence-corrected chi connectivity index (χ2v) is 11.7. The van der Waals surface area contributed by atoms with Gasteiger partial charge in [-0.1, -0.05) is 53.0 Å². The summed E-state index contributed by atoms with van der Waals surface area (Å²) in [6.45, 7) is 2.57. The van der Waals surface area contributed by atoms with E-state index in [1.807, 2.05) is 6.92 Å². The Kier molecular flexibility index (Phi) is 8.62. The first-order valence-electron chi connectivity index (χ1n) is 11.8. The molecule has 0 atom stereocenters. The number of carboxylic acid groups (broad SMARTS) is 1. The monoisotopic (exact) mass is 576 g/mol. The van der Waals surface area contributed by atoms with Crippen LogP contribution in [0.3, 0.4) is 0 Å². The maximum Gasteiger partial charge on any atom is 0.307 e. The fourth-order valence-corrected chi connectivity index (χ4v) is 6.00. The molecule has 1 amide bonds. The molecule has 1 aliphatic rings. The number of piperazine rings is 1. The zero-order valence-electron chi connectivity index (χ0n) is 20.6. The first-order chi connectivity index (χ1) is 18.0. The van der Waals surface area contributed by atoms with E-state index in [4.69, 9.17) is 27.9 Å². The third kappa shape index (κ3) is 6.47. The smallest absolute Gasteiger partial charge is 0.307 e. The minimum absolute atomic E-state index is 0.0666. The fraction of sp³-hybridized carbons (Fsp3) is 0.259. The van der Waals surface area contributed by atoms with Gasteiger partial charge in [-0.2, -0.15) is 4.31 Å². The molecule has 8 nitrogen and oxygen atoms in total. The van der Waals surface area contributed by atoms with Gasteiger partial charge in [0.05, 0.1) is 16.9 Å². The van der Waals surface area contributed by atoms with Crippen molar-refractivity contribution in [2.24, 2.45) is 0 Å². The van der Waals surface area contributed by atoms with E-state index < -0.39 is 16.0 Å². The molecule has 0 saturated carbocycles. The van der Waals surface area contributed by atoms with Crippen LogP contribution in [0.15, 0.2) is 65.6 Å². The summed E-state index contributed by atoms with van der Waals surface area (Å²) < 4.78 is 33.4. The maximum absolute atomic E-state index is 13.5. The number of carbonyl (C=O) groups excluding carboxylic acids is 1. The van der Waals surface area contributed by atoms with Crippen molar-refractivity contribution in [3.8, 4) is 5.75 Å². The highest BCUT2D eigenvalue weighted by atomic mass is 35.5. The molecular weight excluding hydrogens is 551 g/mol. The fourth-order valence-electron chi connectivity index (χ4n) is 4.11. The molecule has 0 radical (unpaired) electrons. The molecule has 11 heteroatoms. The third-order valence-corrected chi connectivity index (χ3v) is 8.71. The van der Waals surface area contributed by atoms with Crippen molar-refractivity contribution in [2.45, 2.75) is 24.8 Å². The summed E-state index contributed by atoms with van der Waals surface area (Å²) in [5, 5.41) is 10.1. The van der Waals surface area contributed by atoms with Crippen molar-refractivity contribution in [3.63, 3.8) is 0 Å². The number of amides is 1. The molecule has 4 rings (SSSR count). The Labute approximate surface area is 231 Å². The second kappa shape index (κ2) is 11.7. The first-order valence-corrected chi connectivity index (χ1v) is 14.0. The molecule has 0 spiro atoms. The van der Waals surface area contributed by atoms with Crippen molar-refractivity contribution in [1.82, 2.24) is 9.21 Å². The lowest BCUT2D eigenvalue weighted by Crippen LogP contribution is -2.50. The van der Waals surface area contributed by atoms with E-state index in [2.05, 4.69) is 0 Å². The summed E-state index contributed by atoms with van der Waals surface area (Å²) in [5.41, 5.74) is 2.27. The van der Waals surface area contributed by atoms with Crippen LogP contribution < -0.4 is 4.74 Å². The molecular formula is C27H26Cl2N2O6S. The Balaban J connectivity index is 1.52. The lowest BCUT2D eigenvalue weighted by Gasteiger charge is -2.34. The Bertz CT molecular complexity index is 1450. The number of hydrogen-bond acceptors (Lipinski definition) is 5. The molecule has 200 valence electrons. The number of hydrogen-bond donors (Lipinski definition) is 1. The summed E-state index contributed by atoms with van der Waals surface area (Å²) in [7, 11) is -3.68. The van der Waals surface area contributed by atoms with Crippen LogP contribution in [0.25, 0.3) is 0 Å². The molecule has 1 saturated heterocycles. The third-order valence-electron chi connectivity index (χ3n) is 6.21. The molecule has 1 aliphatic heterocycles. The van der Waals surface area contributed by atoms with Gasteiger partial charge in [0.25, 0.3) is 5.91 Å². The first kappa shape index (κ1) is 27.9. The predicted molar refractivity (Wildman–Crippen MR) is 144 cm³/mol. The van der Waals surface area contributed by atoms with E-state index in [1.165, 1.54) is 10.4 Å². The summed E-state index contributed by atoms with van der Waals surface area (Å²) in [4.78, 5) is 26.5. The van der Waals surface area contributed by atoms with Crippen molar-refractivity contribution in [1.29, 1.82) is 0 Å². The number of rotatable bonds is 8. The number of carbonyl (C=O) groups is 2. The van der Waals surface area contributed by atoms with Crippen molar-refractivity contribution in [2.75, 3.05) is 26.2 Å². The van der Waals surface area contributed by atoms with Gasteiger partial charge >= 0.3 is 5.97 Å². The number of sulfonamides is 1. The van der Waals surface area contributed by atoms with E-state index in [-0.39, 0.29) is 61.3 Å². The minimum Gasteiger partial charge on any atom is -0.488 e. The number of halogens is 2. The number of benzene rings is 3. The zero-order valence-corrected chi connectivity index (χ0v) is 22.9. The molecule has 3 aromatic carbocycles. The average Bonchev–Trinajstić information content (AvgIpc) is 2.88. The van der Waals surface area contributed by atoms with Crippen LogP contribution in [0.4, 0.5) is 0 Å². The second-order valence-electron chi connectivity index (χ2n) is 8.93. The Morgan fingerprint density at radius 2 is 1.63 bits per heavy atom. The Morgan fingerprint density at radius 1 is 0.947 bits per heavy atom. The van der Waals surface area contributed by atoms with Gasteiger partial charge in [0, 0.05) is 41.8 Å². The highest BCUT2D eigenvalue weighted by Crippen LogP contribution is 2.27. The normalized spacial score (nSPS) is 14.3. The van der Waals surface area contributed by atoms with Gasteiger partial charge in [-0.25, -0.2) is 8.42 Å². The van der Waals surface area contributed by atoms with Gasteiger partial charge in [0.2, 0.25) is 10.0 Å². The minimum atomic E-state index is -3.68. The number of ether oxygens (including phenoxy) is 1. The van der Waals surface area contributed by atoms with Gasteiger partial charge in [-0.15, -0.1) is 0 Å². The van der Waals surface area contributed by atoms with Crippen LogP contribution >= 0.6 is 23.2 Å². The Hall–Kier alpha value is -3.11. The summed E-state index contributed by atoms with van der Waals surface area (Å²) in [6.07, 6.45) is -0.258. The molecule has 38 heavy (non-hydrogen) atoms. The van der Waals surface area contributed by atoms with Gasteiger partial charge in [-0.05, 0) is 48.9 Å². The lowest BCUT2D eigenvalue weighted by molar-refractivity contribution is -0.136. The van der Waals surface area contributed by atoms with Gasteiger partial charge in [0.1, 0.15) is 12.4 Å². The lowest BCUT2D eigenvalue weighted by atomic mass is 10.1. The van der Waals surface area contributed by atoms with Crippen molar-refractivity contribution in [3.05, 3.63) is 93.0 Å². The maximum atomic E-state index is 13.5. The summed E-state index contributed by atoms with van der Waals surface area (Å²) >= 11 is 12.2. The molecule has 0 aromatic heterocycles. The van der Waals surface area contributed by atoms with Crippen LogP contribution in [0.1, 0.15) is 27.0 Å². The van der Waals surface area contributed by atoms with Gasteiger partial charge in [0.15, 0.2) is 0 Å². The summed E-state index contributed by atoms with van der Waals surface area (Å²) in [5.74, 6) is -1.13. The predicted octanol–water partition coefficient (Wildman–Crippen LogP) is 4.65. The largest absolute Gasteiger partial charge is 0.488 e. The average molecular weight is 577 g/mol. The van der Waals surface area contributed by atoms with Crippen molar-refractivity contribution >= 4 is 45.1 Å². The molecule has 1 heterocycles. The zero-order chi connectivity index (χ0) is 27.4. The molecule has 0 aliphatic carbocycles. The van der Waals surface area contributed by atoms with Crippen LogP contribution in [-0.2, 0) is 27.8 Å². The van der Waals surface area contributed by atoms with Crippen LogP contribution in [-0.4, -0.2) is 60.8 Å². The van der Waals surface area contributed by atoms with E-state index in [0.717, 1.165) is 5.56 Å². The van der Waals surface area contributed by atoms with Crippen molar-refractivity contribution < 1.29 is 27.9 Å². The Morgan fingerprint density at radius 3 is 2.26 bits per heavy atom. The van der Waals surface area contributed by atoms with Crippen LogP contribution in [0.5, 0.6) is 5.75 Å². The van der Waals surface area contributed by atoms with Gasteiger partial charge < -0.3 is 14.7 Å². The standard InChI is InChI=1S/C27H26Cl2N2O6S/c1-18-2-7-22(8-3-18)38(35,36)31-12-10-30(11-13-31)27(34)23-14-19(15-26(32)33)4-9-25(23)37-17-20-5-6-21(28)16-24(20)29/h2-9,14,16H,10-13,15,17H2,1H3,(H,32,33). The molecule has 0 unspecified atom stereocenters. The number of aliphatic carboxylic acids is 1. The topological polar surface area (TPSA) is 104 Å². The van der Waals surface area contributed by atoms with Crippen LogP contribution in [0.2, 0.25) is 10.0 Å². The van der Waals surface area contributed by atoms with Gasteiger partial charge in [-0.3, -0.25) is 9.59 Å². The van der Waals surface area contributed by atoms with E-state index in [0.29, 0.717) is 21.2 Å². The van der Waals surface area contributed by atoms with E-state index in [1.54, 1.807) is 59.5 Å². The molecule has 0 bridgehead atoms. The molecule has 1 N–H and O–H groups in total. The van der Waals surface area contributed by atoms with E-state index >= 15 is 0 Å². The SMILES string of the molecule is Cc1ccc(S(=O)(=O)N2CCN(C(=O)c3cc(CC(=O)O)ccc3OCc3ccc(Cl)cc3Cl)CC2)cc1. The number of nitrogens with zero attached hydrogens (tertiary/aromatic N) is 2. The molecule has 1 fully saturated rings. The number of carboxylic acids is 1. The van der Waals surface area contributed by atoms with Crippen LogP contribution in [0, 0.1) is 6.92 Å². The quantitative estimate of drug-likeness (QED) is 0.418. The highest BCUT2D eigenvalue weighted by molar-refractivity contribution is 7.89. The molecule has 3 aromatic rings. The number of aryl methyl sites for hydroxylation is 1. The summed E-state index contributed by atoms with van der Waals surface area (Å²) in [6, 6.07) is 16.3.